The van der Waals surface area contributed by atoms with Gasteiger partial charge in [0.05, 0.1) is 4.91 Å². The van der Waals surface area contributed by atoms with Crippen molar-refractivity contribution in [3.63, 3.8) is 0 Å². The van der Waals surface area contributed by atoms with Crippen LogP contribution in [0.2, 0.25) is 0 Å². The molecule has 0 unspecified atom stereocenters. The maximum absolute atomic E-state index is 12.1. The summed E-state index contributed by atoms with van der Waals surface area (Å²) in [6.07, 6.45) is 1.81. The van der Waals surface area contributed by atoms with Crippen LogP contribution in [0.5, 0.6) is 0 Å². The molecule has 1 fully saturated rings. The summed E-state index contributed by atoms with van der Waals surface area (Å²) in [5.41, 5.74) is 5.43. The molecule has 2 amide bonds. The number of aryl methyl sites for hydroxylation is 2. The van der Waals surface area contributed by atoms with Crippen molar-refractivity contribution in [1.82, 2.24) is 9.47 Å². The molecule has 1 aliphatic heterocycles. The summed E-state index contributed by atoms with van der Waals surface area (Å²) in [7, 11) is 1.51. The fraction of sp³-hybridized carbons (Fsp3) is 0.222. The highest BCUT2D eigenvalue weighted by Gasteiger charge is 2.32. The molecule has 5 heteroatoms. The normalized spacial score (nSPS) is 16.7. The predicted octanol–water partition coefficient (Wildman–Crippen LogP) is 4.07. The molecule has 1 aliphatic rings. The van der Waals surface area contributed by atoms with E-state index in [1.165, 1.54) is 12.6 Å². The van der Waals surface area contributed by atoms with Gasteiger partial charge in [0.15, 0.2) is 0 Å². The van der Waals surface area contributed by atoms with E-state index >= 15 is 0 Å². The first-order valence-corrected chi connectivity index (χ1v) is 8.18. The zero-order valence-electron chi connectivity index (χ0n) is 13.6. The Morgan fingerprint density at radius 2 is 1.78 bits per heavy atom. The van der Waals surface area contributed by atoms with Crippen LogP contribution in [0.4, 0.5) is 4.79 Å². The lowest BCUT2D eigenvalue weighted by atomic mass is 10.2. The maximum atomic E-state index is 12.1. The minimum absolute atomic E-state index is 0.228. The summed E-state index contributed by atoms with van der Waals surface area (Å²) in [5, 5.41) is -0.228. The number of imide groups is 1. The number of nitrogens with zero attached hydrogens (tertiary/aromatic N) is 2. The number of benzene rings is 1. The van der Waals surface area contributed by atoms with Crippen molar-refractivity contribution in [2.24, 2.45) is 0 Å². The Kier molecular flexibility index (Phi) is 3.90. The standard InChI is InChI=1S/C18H18N2O2S/c1-11-7-5-6-8-15(11)20-12(2)9-14(13(20)3)10-16-17(21)19(4)18(22)23-16/h5-10H,1-4H3. The van der Waals surface area contributed by atoms with Crippen LogP contribution in [0.25, 0.3) is 11.8 Å². The SMILES string of the molecule is Cc1ccccc1-n1c(C)cc(C=C2SC(=O)N(C)C2=O)c1C. The van der Waals surface area contributed by atoms with E-state index in [4.69, 9.17) is 0 Å². The van der Waals surface area contributed by atoms with Crippen molar-refractivity contribution in [2.75, 3.05) is 7.05 Å². The Morgan fingerprint density at radius 1 is 1.09 bits per heavy atom. The number of aromatic nitrogens is 1. The number of hydrogen-bond acceptors (Lipinski definition) is 3. The number of hydrogen-bond donors (Lipinski definition) is 0. The van der Waals surface area contributed by atoms with Gasteiger partial charge in [-0.05, 0) is 61.9 Å². The molecule has 1 aromatic heterocycles. The molecular formula is C18H18N2O2S. The first-order valence-electron chi connectivity index (χ1n) is 7.36. The van der Waals surface area contributed by atoms with Crippen LogP contribution < -0.4 is 0 Å². The van der Waals surface area contributed by atoms with E-state index in [1.54, 1.807) is 0 Å². The van der Waals surface area contributed by atoms with Crippen molar-refractivity contribution in [2.45, 2.75) is 20.8 Å². The molecule has 0 radical (unpaired) electrons. The van der Waals surface area contributed by atoms with Crippen molar-refractivity contribution in [3.8, 4) is 5.69 Å². The van der Waals surface area contributed by atoms with E-state index < -0.39 is 0 Å². The Morgan fingerprint density at radius 3 is 2.39 bits per heavy atom. The molecule has 0 aliphatic carbocycles. The van der Waals surface area contributed by atoms with Crippen molar-refractivity contribution in [3.05, 3.63) is 57.8 Å². The largest absolute Gasteiger partial charge is 0.318 e. The summed E-state index contributed by atoms with van der Waals surface area (Å²) in [6, 6.07) is 10.2. The lowest BCUT2D eigenvalue weighted by molar-refractivity contribution is -0.121. The number of carbonyl (C=O) groups is 2. The molecule has 2 aromatic rings. The van der Waals surface area contributed by atoms with Gasteiger partial charge in [0.25, 0.3) is 11.1 Å². The highest BCUT2D eigenvalue weighted by atomic mass is 32.2. The molecule has 0 atom stereocenters. The van der Waals surface area contributed by atoms with Gasteiger partial charge in [0.1, 0.15) is 0 Å². The number of amides is 2. The summed E-state index contributed by atoms with van der Waals surface area (Å²) in [4.78, 5) is 25.3. The zero-order valence-corrected chi connectivity index (χ0v) is 14.4. The lowest BCUT2D eigenvalue weighted by Crippen LogP contribution is -2.22. The van der Waals surface area contributed by atoms with Gasteiger partial charge in [-0.15, -0.1) is 0 Å². The number of thioether (sulfide) groups is 1. The van der Waals surface area contributed by atoms with E-state index in [9.17, 15) is 9.59 Å². The molecule has 0 bridgehead atoms. The zero-order chi connectivity index (χ0) is 16.7. The predicted molar refractivity (Wildman–Crippen MR) is 93.7 cm³/mol. The van der Waals surface area contributed by atoms with Crippen molar-refractivity contribution >= 4 is 29.0 Å². The molecule has 3 rings (SSSR count). The number of para-hydroxylation sites is 1. The van der Waals surface area contributed by atoms with Crippen LogP contribution in [-0.4, -0.2) is 27.7 Å². The Labute approximate surface area is 139 Å². The second-order valence-corrected chi connectivity index (χ2v) is 6.68. The van der Waals surface area contributed by atoms with Crippen LogP contribution in [0.3, 0.4) is 0 Å². The van der Waals surface area contributed by atoms with Gasteiger partial charge >= 0.3 is 0 Å². The average Bonchev–Trinajstić information content (AvgIpc) is 2.92. The highest BCUT2D eigenvalue weighted by molar-refractivity contribution is 8.18. The summed E-state index contributed by atoms with van der Waals surface area (Å²) >= 11 is 0.989. The van der Waals surface area contributed by atoms with Gasteiger partial charge in [0, 0.05) is 24.1 Å². The van der Waals surface area contributed by atoms with E-state index in [0.717, 1.165) is 39.3 Å². The maximum Gasteiger partial charge on any atom is 0.293 e. The summed E-state index contributed by atoms with van der Waals surface area (Å²) < 4.78 is 2.18. The average molecular weight is 326 g/mol. The molecular weight excluding hydrogens is 308 g/mol. The van der Waals surface area contributed by atoms with Gasteiger partial charge < -0.3 is 4.57 Å². The Hall–Kier alpha value is -2.27. The third kappa shape index (κ3) is 2.61. The molecule has 23 heavy (non-hydrogen) atoms. The van der Waals surface area contributed by atoms with E-state index in [0.29, 0.717) is 4.91 Å². The van der Waals surface area contributed by atoms with E-state index in [1.807, 2.05) is 38.1 Å². The van der Waals surface area contributed by atoms with Crippen LogP contribution in [0, 0.1) is 20.8 Å². The smallest absolute Gasteiger partial charge is 0.293 e. The minimum Gasteiger partial charge on any atom is -0.318 e. The molecule has 2 heterocycles. The third-order valence-corrected chi connectivity index (χ3v) is 5.06. The molecule has 0 spiro atoms. The fourth-order valence-corrected chi connectivity index (χ4v) is 3.62. The second-order valence-electron chi connectivity index (χ2n) is 5.69. The first-order chi connectivity index (χ1) is 10.9. The second kappa shape index (κ2) is 5.74. The summed E-state index contributed by atoms with van der Waals surface area (Å²) in [5.74, 6) is -0.235. The molecule has 4 nitrogen and oxygen atoms in total. The monoisotopic (exact) mass is 326 g/mol. The minimum atomic E-state index is -0.235. The Bertz CT molecular complexity index is 849. The topological polar surface area (TPSA) is 42.3 Å². The van der Waals surface area contributed by atoms with Gasteiger partial charge in [0.2, 0.25) is 0 Å². The molecule has 1 saturated heterocycles. The van der Waals surface area contributed by atoms with Crippen LogP contribution in [0.1, 0.15) is 22.5 Å². The van der Waals surface area contributed by atoms with E-state index in [2.05, 4.69) is 23.6 Å². The molecule has 0 saturated carbocycles. The van der Waals surface area contributed by atoms with Crippen LogP contribution in [0.15, 0.2) is 35.2 Å². The lowest BCUT2D eigenvalue weighted by Gasteiger charge is -2.12. The third-order valence-electron chi connectivity index (χ3n) is 4.10. The molecule has 118 valence electrons. The van der Waals surface area contributed by atoms with Gasteiger partial charge in [-0.3, -0.25) is 14.5 Å². The quantitative estimate of drug-likeness (QED) is 0.781. The Balaban J connectivity index is 2.08. The fourth-order valence-electron chi connectivity index (χ4n) is 2.81. The van der Waals surface area contributed by atoms with Crippen LogP contribution >= 0.6 is 11.8 Å². The van der Waals surface area contributed by atoms with Crippen LogP contribution in [-0.2, 0) is 4.79 Å². The van der Waals surface area contributed by atoms with Crippen molar-refractivity contribution < 1.29 is 9.59 Å². The number of rotatable bonds is 2. The number of likely N-dealkylation sites (N-methyl/N-ethyl adjacent to an activating group) is 1. The van der Waals surface area contributed by atoms with E-state index in [-0.39, 0.29) is 11.1 Å². The molecule has 1 aromatic carbocycles. The number of carbonyl (C=O) groups excluding carboxylic acids is 2. The van der Waals surface area contributed by atoms with Gasteiger partial charge in [-0.2, -0.15) is 0 Å². The highest BCUT2D eigenvalue weighted by Crippen LogP contribution is 2.33. The molecule has 0 N–H and O–H groups in total. The van der Waals surface area contributed by atoms with Gasteiger partial charge in [-0.25, -0.2) is 0 Å². The van der Waals surface area contributed by atoms with Gasteiger partial charge in [-0.1, -0.05) is 18.2 Å². The van der Waals surface area contributed by atoms with Crippen molar-refractivity contribution in [1.29, 1.82) is 0 Å². The summed E-state index contributed by atoms with van der Waals surface area (Å²) in [6.45, 7) is 6.15. The first kappa shape index (κ1) is 15.6.